The van der Waals surface area contributed by atoms with Gasteiger partial charge in [0.15, 0.2) is 13.2 Å². The third-order valence-corrected chi connectivity index (χ3v) is 1.49. The Morgan fingerprint density at radius 1 is 0.944 bits per heavy atom. The van der Waals surface area contributed by atoms with Crippen LogP contribution >= 0.6 is 0 Å². The first kappa shape index (κ1) is 14.4. The predicted molar refractivity (Wildman–Crippen MR) is 47.3 cm³/mol. The Morgan fingerprint density at radius 2 is 1.50 bits per heavy atom. The highest BCUT2D eigenvalue weighted by Crippen LogP contribution is 2.22. The Balaban J connectivity index is 2.57. The lowest BCUT2D eigenvalue weighted by atomic mass is 10.4. The van der Waals surface area contributed by atoms with E-state index < -0.39 is 31.4 Å². The van der Waals surface area contributed by atoms with Crippen LogP contribution in [-0.2, 0) is 0 Å². The molecule has 18 heavy (non-hydrogen) atoms. The molecule has 9 heteroatoms. The molecule has 0 N–H and O–H groups in total. The predicted octanol–water partition coefficient (Wildman–Crippen LogP) is 2.96. The van der Waals surface area contributed by atoms with Crippen molar-refractivity contribution in [3.63, 3.8) is 0 Å². The van der Waals surface area contributed by atoms with Crippen molar-refractivity contribution >= 4 is 0 Å². The Bertz CT molecular complexity index is 356. The summed E-state index contributed by atoms with van der Waals surface area (Å²) in [6.07, 6.45) is -8.10. The molecule has 0 fully saturated rings. The maximum absolute atomic E-state index is 11.8. The summed E-state index contributed by atoms with van der Waals surface area (Å²) in [6, 6.07) is 1.92. The molecule has 0 atom stereocenters. The van der Waals surface area contributed by atoms with E-state index in [0.29, 0.717) is 0 Å². The Morgan fingerprint density at radius 3 is 2.06 bits per heavy atom. The summed E-state index contributed by atoms with van der Waals surface area (Å²) < 4.78 is 79.5. The summed E-state index contributed by atoms with van der Waals surface area (Å²) in [5.74, 6) is -0.744. The topological polar surface area (TPSA) is 31.4 Å². The van der Waals surface area contributed by atoms with Gasteiger partial charge < -0.3 is 9.47 Å². The third kappa shape index (κ3) is 6.16. The number of nitrogens with zero attached hydrogens (tertiary/aromatic N) is 1. The number of pyridine rings is 1. The van der Waals surface area contributed by atoms with Crippen molar-refractivity contribution in [2.75, 3.05) is 13.2 Å². The van der Waals surface area contributed by atoms with Crippen LogP contribution in [0.4, 0.5) is 26.3 Å². The molecular weight excluding hydrogens is 268 g/mol. The number of aromatic nitrogens is 1. The number of hydrogen-bond donors (Lipinski definition) is 0. The van der Waals surface area contributed by atoms with Gasteiger partial charge in [0.25, 0.3) is 0 Å². The first-order valence-corrected chi connectivity index (χ1v) is 4.51. The minimum absolute atomic E-state index is 0.278. The Kier molecular flexibility index (Phi) is 4.25. The molecule has 0 unspecified atom stereocenters. The van der Waals surface area contributed by atoms with Gasteiger partial charge in [-0.2, -0.15) is 26.3 Å². The molecule has 1 aromatic rings. The molecule has 0 radical (unpaired) electrons. The average Bonchev–Trinajstić information content (AvgIpc) is 2.22. The molecule has 0 aliphatic heterocycles. The molecule has 1 aromatic heterocycles. The Labute approximate surface area is 97.3 Å². The highest BCUT2D eigenvalue weighted by Gasteiger charge is 2.29. The van der Waals surface area contributed by atoms with Crippen LogP contribution in [-0.4, -0.2) is 30.6 Å². The van der Waals surface area contributed by atoms with Crippen LogP contribution in [0, 0.1) is 0 Å². The molecule has 0 amide bonds. The molecule has 0 bridgehead atoms. The lowest BCUT2D eigenvalue weighted by Crippen LogP contribution is -2.20. The van der Waals surface area contributed by atoms with Crippen molar-refractivity contribution in [3.8, 4) is 11.6 Å². The zero-order valence-electron chi connectivity index (χ0n) is 8.68. The average molecular weight is 275 g/mol. The summed E-state index contributed by atoms with van der Waals surface area (Å²) in [4.78, 5) is 3.40. The largest absolute Gasteiger partial charge is 0.484 e. The van der Waals surface area contributed by atoms with Crippen molar-refractivity contribution in [2.24, 2.45) is 0 Å². The van der Waals surface area contributed by atoms with Crippen LogP contribution in [0.5, 0.6) is 11.6 Å². The van der Waals surface area contributed by atoms with Gasteiger partial charge in [-0.3, -0.25) is 0 Å². The smallest absolute Gasteiger partial charge is 0.422 e. The molecule has 0 saturated heterocycles. The molecule has 1 rings (SSSR count). The van der Waals surface area contributed by atoms with E-state index in [-0.39, 0.29) is 5.75 Å². The molecule has 0 aromatic carbocycles. The minimum Gasteiger partial charge on any atom is -0.484 e. The fourth-order valence-electron chi connectivity index (χ4n) is 0.881. The minimum atomic E-state index is -4.55. The molecule has 1 heterocycles. The number of alkyl halides is 6. The first-order chi connectivity index (χ1) is 8.16. The quantitative estimate of drug-likeness (QED) is 0.792. The van der Waals surface area contributed by atoms with E-state index in [4.69, 9.17) is 0 Å². The number of rotatable bonds is 4. The van der Waals surface area contributed by atoms with Crippen molar-refractivity contribution in [3.05, 3.63) is 18.3 Å². The van der Waals surface area contributed by atoms with Crippen LogP contribution < -0.4 is 9.47 Å². The molecular formula is C9H7F6NO2. The molecule has 0 aliphatic carbocycles. The summed E-state index contributed by atoms with van der Waals surface area (Å²) in [5.41, 5.74) is 0. The normalized spacial score (nSPS) is 12.3. The van der Waals surface area contributed by atoms with E-state index in [1.54, 1.807) is 0 Å². The zero-order valence-corrected chi connectivity index (χ0v) is 8.68. The van der Waals surface area contributed by atoms with Crippen LogP contribution in [0.1, 0.15) is 0 Å². The second-order valence-electron chi connectivity index (χ2n) is 3.14. The van der Waals surface area contributed by atoms with Gasteiger partial charge in [0.05, 0.1) is 0 Å². The van der Waals surface area contributed by atoms with E-state index in [0.717, 1.165) is 18.3 Å². The number of hydrogen-bond acceptors (Lipinski definition) is 3. The lowest BCUT2D eigenvalue weighted by molar-refractivity contribution is -0.154. The van der Waals surface area contributed by atoms with Gasteiger partial charge in [-0.05, 0) is 6.07 Å². The lowest BCUT2D eigenvalue weighted by Gasteiger charge is -2.11. The first-order valence-electron chi connectivity index (χ1n) is 4.51. The van der Waals surface area contributed by atoms with E-state index in [2.05, 4.69) is 14.5 Å². The maximum atomic E-state index is 11.8. The summed E-state index contributed by atoms with van der Waals surface area (Å²) in [5, 5.41) is 0. The number of ether oxygens (including phenoxy) is 2. The van der Waals surface area contributed by atoms with Gasteiger partial charge in [0.1, 0.15) is 5.75 Å². The molecule has 0 aliphatic rings. The van der Waals surface area contributed by atoms with Gasteiger partial charge >= 0.3 is 12.4 Å². The van der Waals surface area contributed by atoms with E-state index >= 15 is 0 Å². The van der Waals surface area contributed by atoms with Gasteiger partial charge in [0.2, 0.25) is 5.88 Å². The molecule has 3 nitrogen and oxygen atoms in total. The van der Waals surface area contributed by atoms with Crippen molar-refractivity contribution < 1.29 is 35.8 Å². The van der Waals surface area contributed by atoms with Gasteiger partial charge in [-0.15, -0.1) is 0 Å². The Hall–Kier alpha value is -1.67. The highest BCUT2D eigenvalue weighted by molar-refractivity contribution is 5.26. The van der Waals surface area contributed by atoms with E-state index in [1.807, 2.05) is 0 Å². The van der Waals surface area contributed by atoms with E-state index in [9.17, 15) is 26.3 Å². The van der Waals surface area contributed by atoms with Gasteiger partial charge in [0, 0.05) is 12.3 Å². The van der Waals surface area contributed by atoms with Crippen LogP contribution in [0.15, 0.2) is 18.3 Å². The van der Waals surface area contributed by atoms with E-state index in [1.165, 1.54) is 0 Å². The number of halogens is 6. The van der Waals surface area contributed by atoms with Crippen molar-refractivity contribution in [1.29, 1.82) is 0 Å². The summed E-state index contributed by atoms with van der Waals surface area (Å²) in [7, 11) is 0. The molecule has 102 valence electrons. The summed E-state index contributed by atoms with van der Waals surface area (Å²) >= 11 is 0. The standard InChI is InChI=1S/C9H7F6NO2/c10-8(11,12)4-17-6-1-2-16-7(3-6)18-5-9(13,14)15/h1-3H,4-5H2. The second kappa shape index (κ2) is 5.32. The molecule has 0 spiro atoms. The van der Waals surface area contributed by atoms with Crippen molar-refractivity contribution in [2.45, 2.75) is 12.4 Å². The van der Waals surface area contributed by atoms with Gasteiger partial charge in [-0.25, -0.2) is 4.98 Å². The van der Waals surface area contributed by atoms with Crippen LogP contribution in [0.3, 0.4) is 0 Å². The van der Waals surface area contributed by atoms with Gasteiger partial charge in [-0.1, -0.05) is 0 Å². The maximum Gasteiger partial charge on any atom is 0.422 e. The van der Waals surface area contributed by atoms with Crippen LogP contribution in [0.25, 0.3) is 0 Å². The highest BCUT2D eigenvalue weighted by atomic mass is 19.4. The fourth-order valence-corrected chi connectivity index (χ4v) is 0.881. The molecule has 0 saturated carbocycles. The fraction of sp³-hybridized carbons (Fsp3) is 0.444. The van der Waals surface area contributed by atoms with Crippen molar-refractivity contribution in [1.82, 2.24) is 4.98 Å². The summed E-state index contributed by atoms with van der Waals surface area (Å²) in [6.45, 7) is -3.13. The van der Waals surface area contributed by atoms with Crippen LogP contribution in [0.2, 0.25) is 0 Å². The SMILES string of the molecule is FC(F)(F)COc1ccnc(OCC(F)(F)F)c1. The zero-order chi connectivity index (χ0) is 13.8. The third-order valence-electron chi connectivity index (χ3n) is 1.49. The second-order valence-corrected chi connectivity index (χ2v) is 3.14. The monoisotopic (exact) mass is 275 g/mol.